The first-order chi connectivity index (χ1) is 9.35. The van der Waals surface area contributed by atoms with Gasteiger partial charge >= 0.3 is 6.09 Å². The van der Waals surface area contributed by atoms with Crippen molar-refractivity contribution in [1.29, 1.82) is 0 Å². The second kappa shape index (κ2) is 5.61. The van der Waals surface area contributed by atoms with Gasteiger partial charge in [-0.15, -0.1) is 0 Å². The van der Waals surface area contributed by atoms with Crippen molar-refractivity contribution in [1.82, 2.24) is 4.90 Å². The van der Waals surface area contributed by atoms with Crippen molar-refractivity contribution in [2.75, 3.05) is 19.7 Å². The molecule has 1 aliphatic heterocycles. The highest BCUT2D eigenvalue weighted by molar-refractivity contribution is 5.69. The summed E-state index contributed by atoms with van der Waals surface area (Å²) in [5.74, 6) is 0.890. The van der Waals surface area contributed by atoms with Gasteiger partial charge in [-0.1, -0.05) is 12.1 Å². The number of carbonyl (C=O) groups excluding carboxylic acids is 1. The molecule has 5 nitrogen and oxygen atoms in total. The SMILES string of the molecule is CC(C)(C)OC(=O)N1CC(COc2ccccc2O)C1. The van der Waals surface area contributed by atoms with E-state index in [2.05, 4.69) is 0 Å². The quantitative estimate of drug-likeness (QED) is 0.924. The minimum atomic E-state index is -0.464. The summed E-state index contributed by atoms with van der Waals surface area (Å²) in [5, 5.41) is 9.57. The van der Waals surface area contributed by atoms with Crippen molar-refractivity contribution >= 4 is 6.09 Å². The summed E-state index contributed by atoms with van der Waals surface area (Å²) >= 11 is 0. The van der Waals surface area contributed by atoms with Gasteiger partial charge in [0.2, 0.25) is 0 Å². The molecule has 1 aromatic rings. The number of nitrogens with zero attached hydrogens (tertiary/aromatic N) is 1. The summed E-state index contributed by atoms with van der Waals surface area (Å²) in [6, 6.07) is 6.86. The van der Waals surface area contributed by atoms with Crippen LogP contribution in [-0.2, 0) is 4.74 Å². The zero-order valence-corrected chi connectivity index (χ0v) is 12.1. The molecule has 1 amide bonds. The number of hydrogen-bond acceptors (Lipinski definition) is 4. The Hall–Kier alpha value is -1.91. The maximum Gasteiger partial charge on any atom is 0.410 e. The summed E-state index contributed by atoms with van der Waals surface area (Å²) in [6.45, 7) is 7.29. The third-order valence-corrected chi connectivity index (χ3v) is 2.95. The average molecular weight is 279 g/mol. The fourth-order valence-corrected chi connectivity index (χ4v) is 1.94. The Morgan fingerprint density at radius 1 is 1.35 bits per heavy atom. The number of amides is 1. The highest BCUT2D eigenvalue weighted by Gasteiger charge is 2.34. The molecule has 1 N–H and O–H groups in total. The predicted molar refractivity (Wildman–Crippen MR) is 74.9 cm³/mol. The van der Waals surface area contributed by atoms with Crippen LogP contribution in [0.25, 0.3) is 0 Å². The van der Waals surface area contributed by atoms with Crippen LogP contribution in [0.2, 0.25) is 0 Å². The minimum absolute atomic E-state index is 0.135. The van der Waals surface area contributed by atoms with Crippen LogP contribution in [0.3, 0.4) is 0 Å². The lowest BCUT2D eigenvalue weighted by Crippen LogP contribution is -2.53. The van der Waals surface area contributed by atoms with Crippen molar-refractivity contribution in [2.24, 2.45) is 5.92 Å². The van der Waals surface area contributed by atoms with Gasteiger partial charge in [0.05, 0.1) is 6.61 Å². The molecule has 5 heteroatoms. The van der Waals surface area contributed by atoms with Crippen molar-refractivity contribution in [2.45, 2.75) is 26.4 Å². The molecule has 2 rings (SSSR count). The number of phenols is 1. The summed E-state index contributed by atoms with van der Waals surface area (Å²) in [6.07, 6.45) is -0.281. The van der Waals surface area contributed by atoms with Crippen LogP contribution in [0.5, 0.6) is 11.5 Å². The van der Waals surface area contributed by atoms with Gasteiger partial charge < -0.3 is 19.5 Å². The van der Waals surface area contributed by atoms with E-state index in [1.165, 1.54) is 0 Å². The molecular weight excluding hydrogens is 258 g/mol. The van der Waals surface area contributed by atoms with Crippen LogP contribution in [0.15, 0.2) is 24.3 Å². The predicted octanol–water partition coefficient (Wildman–Crippen LogP) is 2.64. The van der Waals surface area contributed by atoms with Gasteiger partial charge in [0.15, 0.2) is 11.5 Å². The van der Waals surface area contributed by atoms with E-state index in [0.29, 0.717) is 25.4 Å². The number of carbonyl (C=O) groups is 1. The molecule has 0 atom stereocenters. The molecule has 1 aliphatic rings. The molecular formula is C15H21NO4. The van der Waals surface area contributed by atoms with Crippen LogP contribution >= 0.6 is 0 Å². The average Bonchev–Trinajstić information content (AvgIpc) is 2.26. The number of phenolic OH excluding ortho intramolecular Hbond substituents is 1. The first kappa shape index (κ1) is 14.5. The third kappa shape index (κ3) is 3.79. The molecule has 20 heavy (non-hydrogen) atoms. The Kier molecular flexibility index (Phi) is 4.06. The van der Waals surface area contributed by atoms with Crippen LogP contribution in [-0.4, -0.2) is 41.4 Å². The Morgan fingerprint density at radius 2 is 2.00 bits per heavy atom. The molecule has 0 aromatic heterocycles. The Balaban J connectivity index is 1.72. The molecule has 0 unspecified atom stereocenters. The van der Waals surface area contributed by atoms with Crippen molar-refractivity contribution in [3.63, 3.8) is 0 Å². The smallest absolute Gasteiger partial charge is 0.410 e. The lowest BCUT2D eigenvalue weighted by molar-refractivity contribution is -0.00797. The van der Waals surface area contributed by atoms with Crippen molar-refractivity contribution in [3.05, 3.63) is 24.3 Å². The van der Waals surface area contributed by atoms with E-state index in [4.69, 9.17) is 9.47 Å². The van der Waals surface area contributed by atoms with Crippen LogP contribution in [0, 0.1) is 5.92 Å². The van der Waals surface area contributed by atoms with E-state index in [9.17, 15) is 9.90 Å². The molecule has 0 spiro atoms. The number of hydrogen-bond donors (Lipinski definition) is 1. The van der Waals surface area contributed by atoms with Gasteiger partial charge in [-0.2, -0.15) is 0 Å². The second-order valence-corrected chi connectivity index (χ2v) is 6.03. The number of likely N-dealkylation sites (tertiary alicyclic amines) is 1. The van der Waals surface area contributed by atoms with E-state index >= 15 is 0 Å². The molecule has 1 aromatic carbocycles. The van der Waals surface area contributed by atoms with Gasteiger partial charge in [0.1, 0.15) is 5.60 Å². The number of ether oxygens (including phenoxy) is 2. The summed E-state index contributed by atoms with van der Waals surface area (Å²) in [7, 11) is 0. The Bertz CT molecular complexity index is 475. The van der Waals surface area contributed by atoms with E-state index in [1.807, 2.05) is 26.8 Å². The zero-order valence-electron chi connectivity index (χ0n) is 12.1. The number of para-hydroxylation sites is 2. The fraction of sp³-hybridized carbons (Fsp3) is 0.533. The molecule has 0 bridgehead atoms. The zero-order chi connectivity index (χ0) is 14.8. The van der Waals surface area contributed by atoms with Crippen molar-refractivity contribution in [3.8, 4) is 11.5 Å². The van der Waals surface area contributed by atoms with E-state index in [-0.39, 0.29) is 17.8 Å². The highest BCUT2D eigenvalue weighted by Crippen LogP contribution is 2.26. The molecule has 0 saturated carbocycles. The summed E-state index contributed by atoms with van der Waals surface area (Å²) in [4.78, 5) is 13.4. The first-order valence-electron chi connectivity index (χ1n) is 6.74. The number of aromatic hydroxyl groups is 1. The van der Waals surface area contributed by atoms with Crippen LogP contribution in [0.4, 0.5) is 4.79 Å². The van der Waals surface area contributed by atoms with Gasteiger partial charge in [0, 0.05) is 19.0 Å². The summed E-state index contributed by atoms with van der Waals surface area (Å²) in [5.41, 5.74) is -0.464. The van der Waals surface area contributed by atoms with E-state index in [0.717, 1.165) is 0 Å². The first-order valence-corrected chi connectivity index (χ1v) is 6.74. The lowest BCUT2D eigenvalue weighted by Gasteiger charge is -2.39. The van der Waals surface area contributed by atoms with Gasteiger partial charge in [-0.3, -0.25) is 0 Å². The largest absolute Gasteiger partial charge is 0.504 e. The van der Waals surface area contributed by atoms with Gasteiger partial charge in [-0.05, 0) is 32.9 Å². The van der Waals surface area contributed by atoms with Crippen LogP contribution in [0.1, 0.15) is 20.8 Å². The highest BCUT2D eigenvalue weighted by atomic mass is 16.6. The standard InChI is InChI=1S/C15H21NO4/c1-15(2,3)20-14(18)16-8-11(9-16)10-19-13-7-5-4-6-12(13)17/h4-7,11,17H,8-10H2,1-3H3. The molecule has 110 valence electrons. The Labute approximate surface area is 119 Å². The molecule has 0 radical (unpaired) electrons. The fourth-order valence-electron chi connectivity index (χ4n) is 1.94. The number of benzene rings is 1. The second-order valence-electron chi connectivity index (χ2n) is 6.03. The Morgan fingerprint density at radius 3 is 2.60 bits per heavy atom. The third-order valence-electron chi connectivity index (χ3n) is 2.95. The van der Waals surface area contributed by atoms with Crippen molar-refractivity contribution < 1.29 is 19.4 Å². The van der Waals surface area contributed by atoms with E-state index in [1.54, 1.807) is 23.1 Å². The van der Waals surface area contributed by atoms with E-state index < -0.39 is 5.60 Å². The topological polar surface area (TPSA) is 59.0 Å². The van der Waals surface area contributed by atoms with Gasteiger partial charge in [-0.25, -0.2) is 4.79 Å². The van der Waals surface area contributed by atoms with Crippen LogP contribution < -0.4 is 4.74 Å². The monoisotopic (exact) mass is 279 g/mol. The van der Waals surface area contributed by atoms with Gasteiger partial charge in [0.25, 0.3) is 0 Å². The number of rotatable bonds is 3. The maximum atomic E-state index is 11.7. The minimum Gasteiger partial charge on any atom is -0.504 e. The molecule has 1 saturated heterocycles. The maximum absolute atomic E-state index is 11.7. The molecule has 1 fully saturated rings. The molecule has 0 aliphatic carbocycles. The lowest BCUT2D eigenvalue weighted by atomic mass is 10.0. The normalized spacial score (nSPS) is 15.7. The molecule has 1 heterocycles. The summed E-state index contributed by atoms with van der Waals surface area (Å²) < 4.78 is 10.8.